The quantitative estimate of drug-likeness (QED) is 0.430. The molecule has 0 fully saturated rings. The molecule has 0 unspecified atom stereocenters. The van der Waals surface area contributed by atoms with Crippen molar-refractivity contribution in [3.63, 3.8) is 0 Å². The maximum atomic E-state index is 13.7. The number of nitro benzene ring substituents is 1. The van der Waals surface area contributed by atoms with Gasteiger partial charge in [0.05, 0.1) is 21.3 Å². The summed E-state index contributed by atoms with van der Waals surface area (Å²) in [5.74, 6) is -0.656. The highest BCUT2D eigenvalue weighted by Gasteiger charge is 2.12. The Morgan fingerprint density at radius 1 is 1.23 bits per heavy atom. The summed E-state index contributed by atoms with van der Waals surface area (Å²) in [6.07, 6.45) is 0. The van der Waals surface area contributed by atoms with Crippen LogP contribution in [0.4, 0.5) is 21.5 Å². The molecule has 2 aromatic carbocycles. The number of anilines is 2. The van der Waals surface area contributed by atoms with E-state index in [4.69, 9.17) is 23.8 Å². The smallest absolute Gasteiger partial charge is 0.271 e. The second-order valence-electron chi connectivity index (χ2n) is 4.12. The summed E-state index contributed by atoms with van der Waals surface area (Å²) in [5.41, 5.74) is 0.182. The monoisotopic (exact) mass is 403 g/mol. The number of nitrogens with one attached hydrogen (secondary N) is 2. The number of halogens is 3. The molecular formula is C13H8BrClFN3O2S. The van der Waals surface area contributed by atoms with Crippen LogP contribution in [0.25, 0.3) is 0 Å². The Morgan fingerprint density at radius 2 is 1.91 bits per heavy atom. The van der Waals surface area contributed by atoms with Crippen LogP contribution in [0.1, 0.15) is 0 Å². The van der Waals surface area contributed by atoms with Gasteiger partial charge in [0, 0.05) is 16.6 Å². The molecule has 0 amide bonds. The molecule has 0 spiro atoms. The summed E-state index contributed by atoms with van der Waals surface area (Å²) in [6.45, 7) is 0. The van der Waals surface area contributed by atoms with Crippen molar-refractivity contribution in [1.82, 2.24) is 0 Å². The fourth-order valence-corrected chi connectivity index (χ4v) is 2.53. The normalized spacial score (nSPS) is 10.1. The van der Waals surface area contributed by atoms with Crippen molar-refractivity contribution in [2.75, 3.05) is 10.6 Å². The molecule has 5 nitrogen and oxygen atoms in total. The van der Waals surface area contributed by atoms with Crippen LogP contribution >= 0.6 is 39.7 Å². The summed E-state index contributed by atoms with van der Waals surface area (Å²) in [7, 11) is 0. The van der Waals surface area contributed by atoms with Crippen LogP contribution in [0.15, 0.2) is 40.9 Å². The maximum Gasteiger partial charge on any atom is 0.271 e. The number of nitro groups is 1. The van der Waals surface area contributed by atoms with Gasteiger partial charge in [-0.3, -0.25) is 10.1 Å². The van der Waals surface area contributed by atoms with Crippen LogP contribution < -0.4 is 10.6 Å². The molecule has 2 aromatic rings. The van der Waals surface area contributed by atoms with Crippen molar-refractivity contribution in [2.24, 2.45) is 0 Å². The number of nitrogens with zero attached hydrogens (tertiary/aromatic N) is 1. The lowest BCUT2D eigenvalue weighted by atomic mass is 10.2. The second-order valence-corrected chi connectivity index (χ2v) is 5.86. The van der Waals surface area contributed by atoms with E-state index in [2.05, 4.69) is 26.6 Å². The molecule has 0 aliphatic carbocycles. The first-order valence-corrected chi connectivity index (χ1v) is 7.42. The van der Waals surface area contributed by atoms with Gasteiger partial charge in [0.15, 0.2) is 5.11 Å². The van der Waals surface area contributed by atoms with Crippen LogP contribution in [-0.2, 0) is 0 Å². The molecule has 2 N–H and O–H groups in total. The second kappa shape index (κ2) is 6.99. The van der Waals surface area contributed by atoms with E-state index in [9.17, 15) is 14.5 Å². The van der Waals surface area contributed by atoms with E-state index in [1.807, 2.05) is 0 Å². The Bertz CT molecular complexity index is 760. The van der Waals surface area contributed by atoms with Crippen molar-refractivity contribution < 1.29 is 9.31 Å². The van der Waals surface area contributed by atoms with Crippen LogP contribution in [-0.4, -0.2) is 10.0 Å². The molecule has 9 heteroatoms. The first kappa shape index (κ1) is 16.6. The molecule has 114 valence electrons. The van der Waals surface area contributed by atoms with Gasteiger partial charge in [-0.15, -0.1) is 0 Å². The van der Waals surface area contributed by atoms with Crippen molar-refractivity contribution in [2.45, 2.75) is 0 Å². The minimum Gasteiger partial charge on any atom is -0.331 e. The molecule has 0 aromatic heterocycles. The molecule has 22 heavy (non-hydrogen) atoms. The summed E-state index contributed by atoms with van der Waals surface area (Å²) >= 11 is 14.4. The van der Waals surface area contributed by atoms with E-state index in [0.29, 0.717) is 10.7 Å². The highest BCUT2D eigenvalue weighted by Crippen LogP contribution is 2.26. The number of hydrogen-bond donors (Lipinski definition) is 2. The highest BCUT2D eigenvalue weighted by atomic mass is 79.9. The molecular weight excluding hydrogens is 397 g/mol. The largest absolute Gasteiger partial charge is 0.331 e. The van der Waals surface area contributed by atoms with Gasteiger partial charge in [-0.05, 0) is 36.5 Å². The van der Waals surface area contributed by atoms with Crippen LogP contribution in [0.5, 0.6) is 0 Å². The van der Waals surface area contributed by atoms with Gasteiger partial charge >= 0.3 is 0 Å². The average Bonchev–Trinajstić information content (AvgIpc) is 2.44. The Morgan fingerprint density at radius 3 is 2.55 bits per heavy atom. The van der Waals surface area contributed by atoms with Gasteiger partial charge in [-0.2, -0.15) is 0 Å². The van der Waals surface area contributed by atoms with Gasteiger partial charge in [0.25, 0.3) is 5.69 Å². The molecule has 0 radical (unpaired) electrons. The highest BCUT2D eigenvalue weighted by molar-refractivity contribution is 9.10. The van der Waals surface area contributed by atoms with E-state index >= 15 is 0 Å². The molecule has 0 bridgehead atoms. The van der Waals surface area contributed by atoms with E-state index in [0.717, 1.165) is 22.7 Å². The van der Waals surface area contributed by atoms with Crippen LogP contribution in [0.2, 0.25) is 5.02 Å². The topological polar surface area (TPSA) is 67.2 Å². The van der Waals surface area contributed by atoms with E-state index < -0.39 is 10.7 Å². The van der Waals surface area contributed by atoms with Gasteiger partial charge in [-0.25, -0.2) is 4.39 Å². The Hall–Kier alpha value is -1.77. The SMILES string of the molecule is O=[N+]([O-])c1ccc(F)c(NC(=S)Nc2ccc(Br)cc2Cl)c1. The minimum absolute atomic E-state index is 0.0589. The Kier molecular flexibility index (Phi) is 5.28. The fraction of sp³-hybridized carbons (Fsp3) is 0. The molecule has 0 heterocycles. The number of thiocarbonyl (C=S) groups is 1. The molecule has 0 saturated carbocycles. The summed E-state index contributed by atoms with van der Waals surface area (Å²) in [5, 5.41) is 16.5. The number of benzene rings is 2. The van der Waals surface area contributed by atoms with E-state index in [1.165, 1.54) is 0 Å². The van der Waals surface area contributed by atoms with Crippen molar-refractivity contribution >= 4 is 61.9 Å². The summed E-state index contributed by atoms with van der Waals surface area (Å²) in [6, 6.07) is 8.24. The van der Waals surface area contributed by atoms with Crippen molar-refractivity contribution in [3.05, 3.63) is 61.8 Å². The average molecular weight is 405 g/mol. The molecule has 0 saturated heterocycles. The molecule has 0 aliphatic heterocycles. The Labute approximate surface area is 143 Å². The lowest BCUT2D eigenvalue weighted by Crippen LogP contribution is -2.20. The Balaban J connectivity index is 2.15. The van der Waals surface area contributed by atoms with Gasteiger partial charge in [0.2, 0.25) is 0 Å². The minimum atomic E-state index is -0.656. The van der Waals surface area contributed by atoms with Gasteiger partial charge in [0.1, 0.15) is 5.82 Å². The maximum absolute atomic E-state index is 13.7. The van der Waals surface area contributed by atoms with Crippen LogP contribution in [0.3, 0.4) is 0 Å². The zero-order chi connectivity index (χ0) is 16.3. The molecule has 0 atom stereocenters. The van der Waals surface area contributed by atoms with E-state index in [1.54, 1.807) is 18.2 Å². The molecule has 0 aliphatic rings. The standard InChI is InChI=1S/C13H8BrClFN3O2S/c14-7-1-4-11(9(15)5-7)17-13(22)18-12-6-8(19(20)21)2-3-10(12)16/h1-6H,(H2,17,18,22). The first-order valence-electron chi connectivity index (χ1n) is 5.84. The number of hydrogen-bond acceptors (Lipinski definition) is 3. The van der Waals surface area contributed by atoms with Gasteiger partial charge < -0.3 is 10.6 Å². The summed E-state index contributed by atoms with van der Waals surface area (Å²) < 4.78 is 14.5. The van der Waals surface area contributed by atoms with Crippen LogP contribution in [0, 0.1) is 15.9 Å². The summed E-state index contributed by atoms with van der Waals surface area (Å²) in [4.78, 5) is 10.1. The van der Waals surface area contributed by atoms with Crippen molar-refractivity contribution in [1.29, 1.82) is 0 Å². The predicted octanol–water partition coefficient (Wildman–Crippen LogP) is 4.96. The van der Waals surface area contributed by atoms with Crippen molar-refractivity contribution in [3.8, 4) is 0 Å². The zero-order valence-corrected chi connectivity index (χ0v) is 13.9. The third kappa shape index (κ3) is 4.12. The van der Waals surface area contributed by atoms with E-state index in [-0.39, 0.29) is 16.5 Å². The lowest BCUT2D eigenvalue weighted by molar-refractivity contribution is -0.384. The lowest BCUT2D eigenvalue weighted by Gasteiger charge is -2.12. The third-order valence-corrected chi connectivity index (χ3v) is 3.60. The third-order valence-electron chi connectivity index (χ3n) is 2.59. The fourth-order valence-electron chi connectivity index (χ4n) is 1.59. The first-order chi connectivity index (χ1) is 10.4. The number of non-ortho nitro benzene ring substituents is 1. The number of rotatable bonds is 3. The van der Waals surface area contributed by atoms with Gasteiger partial charge in [-0.1, -0.05) is 27.5 Å². The predicted molar refractivity (Wildman–Crippen MR) is 92.0 cm³/mol. The zero-order valence-electron chi connectivity index (χ0n) is 10.8. The molecule has 2 rings (SSSR count).